The van der Waals surface area contributed by atoms with E-state index >= 15 is 0 Å². The largest absolute Gasteiger partial charge is 0.481 e. The minimum absolute atomic E-state index is 0.0405. The van der Waals surface area contributed by atoms with Crippen LogP contribution in [0, 0.1) is 33.3 Å². The number of hydrazine groups is 1. The first kappa shape index (κ1) is 31.6. The number of amides is 3. The molecule has 4 fully saturated rings. The fraction of sp³-hybridized carbons (Fsp3) is 0.840. The molecule has 3 saturated carbocycles. The maximum absolute atomic E-state index is 13.5. The topological polar surface area (TPSA) is 213 Å². The first-order valence-electron chi connectivity index (χ1n) is 14.1. The third-order valence-corrected chi connectivity index (χ3v) is 8.74. The predicted molar refractivity (Wildman–Crippen MR) is 148 cm³/mol. The highest BCUT2D eigenvalue weighted by Gasteiger charge is 2.68. The van der Waals surface area contributed by atoms with Gasteiger partial charge in [0.2, 0.25) is 17.7 Å². The van der Waals surface area contributed by atoms with Crippen molar-refractivity contribution in [1.82, 2.24) is 16.1 Å². The van der Waals surface area contributed by atoms with E-state index in [0.29, 0.717) is 24.7 Å². The molecular weight excluding hydrogens is 521 g/mol. The van der Waals surface area contributed by atoms with Crippen molar-refractivity contribution in [2.75, 3.05) is 6.54 Å². The number of aliphatic imine (C=N–C) groups is 1. The molecule has 0 aromatic heterocycles. The van der Waals surface area contributed by atoms with Crippen LogP contribution in [-0.2, 0) is 23.7 Å². The van der Waals surface area contributed by atoms with Crippen LogP contribution in [0.3, 0.4) is 0 Å². The van der Waals surface area contributed by atoms with E-state index in [1.54, 1.807) is 5.43 Å². The van der Waals surface area contributed by atoms with Gasteiger partial charge in [0, 0.05) is 19.4 Å². The SMILES string of the molecule is CC(C)C[C@H](NC(=O)[C@H](CCCN=C(N)N[N+](=O)[O-])NC(=O)CCC(N)=O)B1O[C@@H]2C[C@H]3C[C@H](C3(C)C)[C@]2(C)O1. The van der Waals surface area contributed by atoms with Crippen molar-refractivity contribution in [1.29, 1.82) is 0 Å². The van der Waals surface area contributed by atoms with E-state index in [0.717, 1.165) is 12.8 Å². The van der Waals surface area contributed by atoms with Crippen LogP contribution in [0.25, 0.3) is 0 Å². The number of nitro groups is 1. The summed E-state index contributed by atoms with van der Waals surface area (Å²) < 4.78 is 13.1. The number of hydrogen-bond acceptors (Lipinski definition) is 8. The third kappa shape index (κ3) is 7.42. The van der Waals surface area contributed by atoms with Gasteiger partial charge in [-0.05, 0) is 62.2 Å². The molecule has 3 amide bonds. The number of carbonyl (C=O) groups excluding carboxylic acids is 3. The highest BCUT2D eigenvalue weighted by atomic mass is 16.7. The highest BCUT2D eigenvalue weighted by molar-refractivity contribution is 6.48. The van der Waals surface area contributed by atoms with Gasteiger partial charge in [0.25, 0.3) is 5.96 Å². The Balaban J connectivity index is 1.69. The van der Waals surface area contributed by atoms with Crippen LogP contribution < -0.4 is 27.5 Å². The summed E-state index contributed by atoms with van der Waals surface area (Å²) >= 11 is 0. The number of primary amides is 1. The van der Waals surface area contributed by atoms with Gasteiger partial charge in [0.05, 0.1) is 17.6 Å². The molecule has 3 aliphatic carbocycles. The number of nitrogens with two attached hydrogens (primary N) is 2. The van der Waals surface area contributed by atoms with Gasteiger partial charge in [-0.25, -0.2) is 15.1 Å². The van der Waals surface area contributed by atoms with Crippen molar-refractivity contribution >= 4 is 30.8 Å². The minimum Gasteiger partial charge on any atom is -0.404 e. The molecule has 4 rings (SSSR count). The molecule has 224 valence electrons. The van der Waals surface area contributed by atoms with Gasteiger partial charge in [-0.3, -0.25) is 14.4 Å². The maximum atomic E-state index is 13.5. The number of hydrogen-bond donors (Lipinski definition) is 5. The van der Waals surface area contributed by atoms with Crippen LogP contribution in [0.4, 0.5) is 0 Å². The van der Waals surface area contributed by atoms with E-state index in [-0.39, 0.29) is 49.2 Å². The fourth-order valence-electron chi connectivity index (χ4n) is 6.50. The van der Waals surface area contributed by atoms with Crippen LogP contribution >= 0.6 is 0 Å². The van der Waals surface area contributed by atoms with Crippen molar-refractivity contribution < 1.29 is 28.7 Å². The van der Waals surface area contributed by atoms with Gasteiger partial charge >= 0.3 is 7.12 Å². The summed E-state index contributed by atoms with van der Waals surface area (Å²) in [4.78, 5) is 51.5. The zero-order chi connectivity index (χ0) is 29.8. The predicted octanol–water partition coefficient (Wildman–Crippen LogP) is 0.411. The summed E-state index contributed by atoms with van der Waals surface area (Å²) in [7, 11) is -0.625. The normalized spacial score (nSPS) is 28.2. The molecule has 1 heterocycles. The second kappa shape index (κ2) is 12.7. The molecule has 1 saturated heterocycles. The van der Waals surface area contributed by atoms with Gasteiger partial charge in [-0.2, -0.15) is 0 Å². The molecule has 0 spiro atoms. The molecule has 6 atom stereocenters. The maximum Gasteiger partial charge on any atom is 0.481 e. The Hall–Kier alpha value is -2.94. The smallest absolute Gasteiger partial charge is 0.404 e. The fourth-order valence-corrected chi connectivity index (χ4v) is 6.50. The molecule has 15 heteroatoms. The van der Waals surface area contributed by atoms with Crippen LogP contribution in [0.1, 0.15) is 79.6 Å². The molecule has 0 aromatic carbocycles. The average Bonchev–Trinajstić information content (AvgIpc) is 3.20. The van der Waals surface area contributed by atoms with E-state index in [9.17, 15) is 24.5 Å². The quantitative estimate of drug-likeness (QED) is 0.0492. The lowest BCUT2D eigenvalue weighted by atomic mass is 9.43. The Morgan fingerprint density at radius 2 is 1.85 bits per heavy atom. The molecule has 0 aromatic rings. The van der Waals surface area contributed by atoms with Gasteiger partial charge in [-0.15, -0.1) is 0 Å². The first-order chi connectivity index (χ1) is 18.6. The first-order valence-corrected chi connectivity index (χ1v) is 14.1. The lowest BCUT2D eigenvalue weighted by molar-refractivity contribution is -0.525. The molecule has 0 radical (unpaired) electrons. The second-order valence-electron chi connectivity index (χ2n) is 12.4. The van der Waals surface area contributed by atoms with Gasteiger partial charge in [-0.1, -0.05) is 33.1 Å². The van der Waals surface area contributed by atoms with Crippen LogP contribution in [0.15, 0.2) is 4.99 Å². The third-order valence-electron chi connectivity index (χ3n) is 8.74. The molecule has 14 nitrogen and oxygen atoms in total. The Kier molecular flexibility index (Phi) is 10.0. The second-order valence-corrected chi connectivity index (χ2v) is 12.4. The minimum atomic E-state index is -0.944. The van der Waals surface area contributed by atoms with Crippen molar-refractivity contribution in [3.63, 3.8) is 0 Å². The summed E-state index contributed by atoms with van der Waals surface area (Å²) in [5.74, 6) is -1.15. The number of nitrogens with one attached hydrogen (secondary N) is 3. The van der Waals surface area contributed by atoms with Crippen molar-refractivity contribution in [3.8, 4) is 0 Å². The molecule has 7 N–H and O–H groups in total. The Morgan fingerprint density at radius 3 is 2.45 bits per heavy atom. The molecule has 0 unspecified atom stereocenters. The van der Waals surface area contributed by atoms with E-state index < -0.39 is 47.5 Å². The summed E-state index contributed by atoms with van der Waals surface area (Å²) in [6.45, 7) is 10.9. The Bertz CT molecular complexity index is 1010. The lowest BCUT2D eigenvalue weighted by Gasteiger charge is -2.64. The van der Waals surface area contributed by atoms with E-state index in [4.69, 9.17) is 20.8 Å². The standard InChI is InChI=1S/C25H44BN7O7/c1-14(2)11-19(26-39-18-13-15-12-17(24(15,3)4)25(18,5)40-26)31-22(36)16(30-21(35)9-8-20(27)34)7-6-10-29-23(28)32-33(37)38/h14-19H,6-13H2,1-5H3,(H2,27,34)(H,30,35)(H,31,36)(H3,28,29,32)/t15-,16+,17-,18-,19+,25+/m1/s1. The van der Waals surface area contributed by atoms with Gasteiger partial charge in [0.1, 0.15) is 6.04 Å². The van der Waals surface area contributed by atoms with Gasteiger partial charge < -0.3 is 31.4 Å². The van der Waals surface area contributed by atoms with Crippen molar-refractivity contribution in [2.24, 2.45) is 39.6 Å². The molecule has 2 bridgehead atoms. The van der Waals surface area contributed by atoms with Crippen LogP contribution in [0.2, 0.25) is 0 Å². The summed E-state index contributed by atoms with van der Waals surface area (Å²) in [6.07, 6.45) is 2.78. The van der Waals surface area contributed by atoms with Crippen LogP contribution in [0.5, 0.6) is 0 Å². The number of nitrogens with zero attached hydrogens (tertiary/aromatic N) is 2. The molecule has 4 aliphatic rings. The van der Waals surface area contributed by atoms with E-state index in [1.807, 2.05) is 13.8 Å². The number of rotatable bonds is 14. The Labute approximate surface area is 235 Å². The van der Waals surface area contributed by atoms with Crippen molar-refractivity contribution in [2.45, 2.75) is 103 Å². The highest BCUT2D eigenvalue weighted by Crippen LogP contribution is 2.65. The molecule has 1 aliphatic heterocycles. The average molecular weight is 565 g/mol. The number of carbonyl (C=O) groups is 3. The summed E-state index contributed by atoms with van der Waals surface area (Å²) in [5.41, 5.74) is 12.1. The van der Waals surface area contributed by atoms with Gasteiger partial charge in [0.15, 0.2) is 5.03 Å². The van der Waals surface area contributed by atoms with Crippen molar-refractivity contribution in [3.05, 3.63) is 10.1 Å². The molecule has 40 heavy (non-hydrogen) atoms. The number of guanidine groups is 1. The van der Waals surface area contributed by atoms with E-state index in [1.165, 1.54) is 0 Å². The zero-order valence-electron chi connectivity index (χ0n) is 24.1. The Morgan fingerprint density at radius 1 is 1.15 bits per heavy atom. The van der Waals surface area contributed by atoms with E-state index in [2.05, 4.69) is 36.4 Å². The zero-order valence-corrected chi connectivity index (χ0v) is 24.1. The summed E-state index contributed by atoms with van der Waals surface area (Å²) in [5, 5.41) is 15.4. The van der Waals surface area contributed by atoms with Crippen LogP contribution in [-0.4, -0.2) is 66.1 Å². The molecular formula is C25H44BN7O7. The monoisotopic (exact) mass is 565 g/mol. The lowest BCUT2D eigenvalue weighted by Crippen LogP contribution is -2.65. The summed E-state index contributed by atoms with van der Waals surface area (Å²) in [6, 6.07) is -0.944.